The number of anilines is 1. The van der Waals surface area contributed by atoms with Crippen LogP contribution in [-0.2, 0) is 0 Å². The fourth-order valence-corrected chi connectivity index (χ4v) is 3.46. The van der Waals surface area contributed by atoms with Gasteiger partial charge in [0.15, 0.2) is 0 Å². The van der Waals surface area contributed by atoms with Gasteiger partial charge in [-0.25, -0.2) is 4.98 Å². The van der Waals surface area contributed by atoms with Crippen molar-refractivity contribution in [2.75, 3.05) is 26.0 Å². The minimum Gasteiger partial charge on any atom is -0.494 e. The topological polar surface area (TPSA) is 87.3 Å². The van der Waals surface area contributed by atoms with Crippen LogP contribution in [0.1, 0.15) is 27.6 Å². The second kappa shape index (κ2) is 8.93. The van der Waals surface area contributed by atoms with Crippen LogP contribution in [-0.4, -0.2) is 47.4 Å². The summed E-state index contributed by atoms with van der Waals surface area (Å²) >= 11 is 0. The van der Waals surface area contributed by atoms with Crippen LogP contribution >= 0.6 is 0 Å². The number of carbonyl (C=O) groups is 2. The molecule has 0 aliphatic carbocycles. The van der Waals surface area contributed by atoms with Crippen molar-refractivity contribution >= 4 is 28.8 Å². The van der Waals surface area contributed by atoms with E-state index in [0.717, 1.165) is 16.6 Å². The summed E-state index contributed by atoms with van der Waals surface area (Å²) in [4.78, 5) is 34.4. The van der Waals surface area contributed by atoms with Gasteiger partial charge in [-0.1, -0.05) is 30.3 Å². The van der Waals surface area contributed by atoms with E-state index in [2.05, 4.69) is 15.3 Å². The van der Waals surface area contributed by atoms with Crippen LogP contribution in [0.3, 0.4) is 0 Å². The number of fused-ring (bicyclic) bond motifs is 1. The Kier molecular flexibility index (Phi) is 5.89. The molecular weight excluding hydrogens is 404 g/mol. The number of ether oxygens (including phenoxy) is 1. The van der Waals surface area contributed by atoms with Crippen LogP contribution in [0.4, 0.5) is 5.95 Å². The van der Waals surface area contributed by atoms with Crippen LogP contribution < -0.4 is 10.1 Å². The van der Waals surface area contributed by atoms with Crippen LogP contribution in [0.2, 0.25) is 0 Å². The summed E-state index contributed by atoms with van der Waals surface area (Å²) in [6.07, 6.45) is 0. The van der Waals surface area contributed by atoms with Gasteiger partial charge in [0.05, 0.1) is 12.6 Å². The number of aromatic nitrogens is 2. The number of hydrogen-bond donors (Lipinski definition) is 2. The Bertz CT molecular complexity index is 1260. The summed E-state index contributed by atoms with van der Waals surface area (Å²) in [5, 5.41) is 2.80. The van der Waals surface area contributed by atoms with E-state index in [-0.39, 0.29) is 11.8 Å². The van der Waals surface area contributed by atoms with Gasteiger partial charge in [0.1, 0.15) is 11.3 Å². The third-order valence-electron chi connectivity index (χ3n) is 5.36. The Morgan fingerprint density at radius 2 is 1.69 bits per heavy atom. The molecule has 0 aliphatic heterocycles. The highest BCUT2D eigenvalue weighted by atomic mass is 16.5. The van der Waals surface area contributed by atoms with Crippen molar-refractivity contribution in [2.45, 2.75) is 6.92 Å². The van der Waals surface area contributed by atoms with Gasteiger partial charge in [0, 0.05) is 30.3 Å². The molecule has 2 amide bonds. The zero-order valence-electron chi connectivity index (χ0n) is 18.2. The number of nitrogens with zero attached hydrogens (tertiary/aromatic N) is 2. The SMILES string of the molecule is CCN(C)C(=O)c1ccc(C(=O)Nc2nc3c(OC)ccc(-c4ccccc4)c3[nH]2)cc1. The lowest BCUT2D eigenvalue weighted by atomic mass is 10.0. The van der Waals surface area contributed by atoms with Crippen molar-refractivity contribution in [1.82, 2.24) is 14.9 Å². The summed E-state index contributed by atoms with van der Waals surface area (Å²) in [5.74, 6) is 0.515. The number of imidazole rings is 1. The molecule has 4 aromatic rings. The molecule has 162 valence electrons. The van der Waals surface area contributed by atoms with Gasteiger partial charge in [-0.2, -0.15) is 0 Å². The smallest absolute Gasteiger partial charge is 0.257 e. The largest absolute Gasteiger partial charge is 0.494 e. The zero-order chi connectivity index (χ0) is 22.7. The van der Waals surface area contributed by atoms with Crippen molar-refractivity contribution < 1.29 is 14.3 Å². The molecule has 0 saturated carbocycles. The highest BCUT2D eigenvalue weighted by molar-refractivity contribution is 6.05. The summed E-state index contributed by atoms with van der Waals surface area (Å²) < 4.78 is 5.45. The third kappa shape index (κ3) is 4.05. The van der Waals surface area contributed by atoms with E-state index in [9.17, 15) is 9.59 Å². The molecule has 7 nitrogen and oxygen atoms in total. The van der Waals surface area contributed by atoms with E-state index in [1.807, 2.05) is 49.4 Å². The molecule has 0 fully saturated rings. The molecule has 7 heteroatoms. The number of amides is 2. The fourth-order valence-electron chi connectivity index (χ4n) is 3.46. The van der Waals surface area contributed by atoms with Gasteiger partial charge >= 0.3 is 0 Å². The molecule has 0 radical (unpaired) electrons. The first-order chi connectivity index (χ1) is 15.5. The van der Waals surface area contributed by atoms with Crippen molar-refractivity contribution in [3.8, 4) is 16.9 Å². The molecule has 0 bridgehead atoms. The average molecular weight is 428 g/mol. The van der Waals surface area contributed by atoms with Gasteiger partial charge in [0.25, 0.3) is 11.8 Å². The van der Waals surface area contributed by atoms with Crippen molar-refractivity contribution in [3.05, 3.63) is 77.9 Å². The number of benzene rings is 3. The minimum absolute atomic E-state index is 0.0859. The number of aromatic amines is 1. The lowest BCUT2D eigenvalue weighted by molar-refractivity contribution is 0.0802. The highest BCUT2D eigenvalue weighted by Crippen LogP contribution is 2.33. The van der Waals surface area contributed by atoms with E-state index < -0.39 is 0 Å². The zero-order valence-corrected chi connectivity index (χ0v) is 18.2. The Morgan fingerprint density at radius 1 is 1.00 bits per heavy atom. The molecular formula is C25H24N4O3. The predicted octanol–water partition coefficient (Wildman–Crippen LogP) is 4.58. The summed E-state index contributed by atoms with van der Waals surface area (Å²) in [7, 11) is 3.32. The maximum atomic E-state index is 12.8. The molecule has 32 heavy (non-hydrogen) atoms. The molecule has 3 aromatic carbocycles. The predicted molar refractivity (Wildman–Crippen MR) is 125 cm³/mol. The number of carbonyl (C=O) groups excluding carboxylic acids is 2. The Morgan fingerprint density at radius 3 is 2.34 bits per heavy atom. The monoisotopic (exact) mass is 428 g/mol. The summed E-state index contributed by atoms with van der Waals surface area (Å²) in [5.41, 5.74) is 4.35. The molecule has 1 aromatic heterocycles. The number of nitrogens with one attached hydrogen (secondary N) is 2. The number of methoxy groups -OCH3 is 1. The Labute approximate surface area is 186 Å². The van der Waals surface area contributed by atoms with Crippen molar-refractivity contribution in [1.29, 1.82) is 0 Å². The molecule has 0 spiro atoms. The molecule has 2 N–H and O–H groups in total. The lowest BCUT2D eigenvalue weighted by Crippen LogP contribution is -2.26. The van der Waals surface area contributed by atoms with Crippen molar-refractivity contribution in [3.63, 3.8) is 0 Å². The molecule has 0 saturated heterocycles. The van der Waals surface area contributed by atoms with E-state index in [4.69, 9.17) is 4.74 Å². The highest BCUT2D eigenvalue weighted by Gasteiger charge is 2.16. The van der Waals surface area contributed by atoms with E-state index >= 15 is 0 Å². The van der Waals surface area contributed by atoms with Crippen molar-refractivity contribution in [2.24, 2.45) is 0 Å². The summed E-state index contributed by atoms with van der Waals surface area (Å²) in [6, 6.07) is 20.3. The molecule has 4 rings (SSSR count). The number of H-pyrrole nitrogens is 1. The van der Waals surface area contributed by atoms with Gasteiger partial charge in [0.2, 0.25) is 5.95 Å². The summed E-state index contributed by atoms with van der Waals surface area (Å²) in [6.45, 7) is 2.52. The van der Waals surface area contributed by atoms with Crippen LogP contribution in [0.15, 0.2) is 66.7 Å². The van der Waals surface area contributed by atoms with E-state index in [1.54, 1.807) is 43.3 Å². The first-order valence-corrected chi connectivity index (χ1v) is 10.3. The van der Waals surface area contributed by atoms with Gasteiger partial charge in [-0.15, -0.1) is 0 Å². The number of rotatable bonds is 6. The second-order valence-corrected chi connectivity index (χ2v) is 7.34. The van der Waals surface area contributed by atoms with Gasteiger partial charge < -0.3 is 14.6 Å². The fraction of sp³-hybridized carbons (Fsp3) is 0.160. The lowest BCUT2D eigenvalue weighted by Gasteiger charge is -2.14. The first kappa shape index (κ1) is 21.1. The first-order valence-electron chi connectivity index (χ1n) is 10.3. The maximum Gasteiger partial charge on any atom is 0.257 e. The van der Waals surface area contributed by atoms with E-state index in [0.29, 0.717) is 34.9 Å². The van der Waals surface area contributed by atoms with Crippen LogP contribution in [0.25, 0.3) is 22.2 Å². The molecule has 1 heterocycles. The van der Waals surface area contributed by atoms with E-state index in [1.165, 1.54) is 0 Å². The maximum absolute atomic E-state index is 12.8. The van der Waals surface area contributed by atoms with Gasteiger partial charge in [-0.3, -0.25) is 14.9 Å². The van der Waals surface area contributed by atoms with Crippen LogP contribution in [0.5, 0.6) is 5.75 Å². The van der Waals surface area contributed by atoms with Gasteiger partial charge in [-0.05, 0) is 48.9 Å². The standard InChI is InChI=1S/C25H24N4O3/c1-4-29(2)24(31)18-12-10-17(11-13-18)23(30)28-25-26-21-19(16-8-6-5-7-9-16)14-15-20(32-3)22(21)27-25/h5-15H,4H2,1-3H3,(H2,26,27,28,30). The third-order valence-corrected chi connectivity index (χ3v) is 5.36. The minimum atomic E-state index is -0.327. The number of hydrogen-bond acceptors (Lipinski definition) is 4. The quantitative estimate of drug-likeness (QED) is 0.470. The Balaban J connectivity index is 1.62. The molecule has 0 aliphatic rings. The second-order valence-electron chi connectivity index (χ2n) is 7.34. The van der Waals surface area contributed by atoms with Crippen LogP contribution in [0, 0.1) is 0 Å². The normalized spacial score (nSPS) is 10.7. The molecule has 0 atom stereocenters. The Hall–Kier alpha value is -4.13. The molecule has 0 unspecified atom stereocenters. The average Bonchev–Trinajstić information content (AvgIpc) is 3.26.